The third-order valence-electron chi connectivity index (χ3n) is 3.44. The zero-order valence-electron chi connectivity index (χ0n) is 11.1. The number of amides is 1. The van der Waals surface area contributed by atoms with Crippen molar-refractivity contribution in [2.75, 3.05) is 12.4 Å². The molecule has 0 radical (unpaired) electrons. The topological polar surface area (TPSA) is 83.6 Å². The first-order chi connectivity index (χ1) is 9.63. The summed E-state index contributed by atoms with van der Waals surface area (Å²) in [5, 5.41) is 15.0. The SMILES string of the molecule is COC(=O)Nc1ncn2c1C(C)[NH+]([O-])c1ccccc1-2. The number of hydroxylamine groups is 1. The van der Waals surface area contributed by atoms with Crippen LogP contribution in [0.15, 0.2) is 30.6 Å². The molecule has 0 bridgehead atoms. The molecule has 1 aromatic heterocycles. The highest BCUT2D eigenvalue weighted by Gasteiger charge is 2.32. The summed E-state index contributed by atoms with van der Waals surface area (Å²) in [7, 11) is 1.28. The molecule has 0 spiro atoms. The minimum absolute atomic E-state index is 0.0153. The lowest BCUT2D eigenvalue weighted by molar-refractivity contribution is -0.813. The lowest BCUT2D eigenvalue weighted by Gasteiger charge is -2.35. The first kappa shape index (κ1) is 12.6. The van der Waals surface area contributed by atoms with Crippen LogP contribution in [0.4, 0.5) is 16.3 Å². The highest BCUT2D eigenvalue weighted by Crippen LogP contribution is 2.31. The van der Waals surface area contributed by atoms with Crippen molar-refractivity contribution >= 4 is 17.6 Å². The zero-order valence-corrected chi connectivity index (χ0v) is 11.1. The predicted octanol–water partition coefficient (Wildman–Crippen LogP) is 1.14. The Labute approximate surface area is 115 Å². The number of para-hydroxylation sites is 2. The molecule has 1 aliphatic heterocycles. The molecule has 104 valence electrons. The van der Waals surface area contributed by atoms with Crippen LogP contribution >= 0.6 is 0 Å². The third-order valence-corrected chi connectivity index (χ3v) is 3.44. The van der Waals surface area contributed by atoms with E-state index >= 15 is 0 Å². The van der Waals surface area contributed by atoms with Crippen molar-refractivity contribution in [1.82, 2.24) is 9.55 Å². The Kier molecular flexibility index (Phi) is 2.92. The van der Waals surface area contributed by atoms with Gasteiger partial charge >= 0.3 is 6.09 Å². The number of anilines is 1. The van der Waals surface area contributed by atoms with Crippen molar-refractivity contribution in [2.45, 2.75) is 13.0 Å². The number of nitrogens with one attached hydrogen (secondary N) is 2. The van der Waals surface area contributed by atoms with Gasteiger partial charge in [0.25, 0.3) is 0 Å². The standard InChI is InChI=1S/C13H14N4O3/c1-8-11-12(15-13(18)20-2)14-7-16(11)9-5-3-4-6-10(9)17(8)19/h3-8,17H,1-2H3,(H,15,18). The maximum absolute atomic E-state index is 12.4. The molecule has 1 aromatic carbocycles. The van der Waals surface area contributed by atoms with E-state index in [2.05, 4.69) is 15.0 Å². The van der Waals surface area contributed by atoms with Gasteiger partial charge in [0.05, 0.1) is 7.11 Å². The van der Waals surface area contributed by atoms with Gasteiger partial charge in [-0.05, 0) is 13.0 Å². The van der Waals surface area contributed by atoms with E-state index in [4.69, 9.17) is 0 Å². The number of hydrogen-bond donors (Lipinski definition) is 2. The summed E-state index contributed by atoms with van der Waals surface area (Å²) in [6.45, 7) is 1.80. The van der Waals surface area contributed by atoms with Crippen LogP contribution < -0.4 is 10.4 Å². The number of methoxy groups -OCH3 is 1. The lowest BCUT2D eigenvalue weighted by atomic mass is 10.1. The van der Waals surface area contributed by atoms with Crippen LogP contribution in [0.25, 0.3) is 5.69 Å². The maximum atomic E-state index is 12.4. The number of carbonyl (C=O) groups is 1. The molecule has 0 saturated carbocycles. The van der Waals surface area contributed by atoms with Gasteiger partial charge in [-0.15, -0.1) is 0 Å². The van der Waals surface area contributed by atoms with Gasteiger partial charge in [-0.25, -0.2) is 9.78 Å². The van der Waals surface area contributed by atoms with E-state index in [1.807, 2.05) is 22.8 Å². The Morgan fingerprint density at radius 1 is 1.50 bits per heavy atom. The van der Waals surface area contributed by atoms with Crippen molar-refractivity contribution in [3.8, 4) is 5.69 Å². The van der Waals surface area contributed by atoms with E-state index in [9.17, 15) is 10.0 Å². The van der Waals surface area contributed by atoms with E-state index < -0.39 is 6.09 Å². The number of nitrogens with zero attached hydrogens (tertiary/aromatic N) is 2. The number of imidazole rings is 1. The summed E-state index contributed by atoms with van der Waals surface area (Å²) in [5.41, 5.74) is 2.10. The Morgan fingerprint density at radius 3 is 3.00 bits per heavy atom. The number of aromatic nitrogens is 2. The van der Waals surface area contributed by atoms with Gasteiger partial charge in [0.2, 0.25) is 0 Å². The van der Waals surface area contributed by atoms with Gasteiger partial charge in [0.1, 0.15) is 23.8 Å². The van der Waals surface area contributed by atoms with E-state index in [1.54, 1.807) is 19.3 Å². The Hall–Kier alpha value is -2.38. The van der Waals surface area contributed by atoms with Crippen molar-refractivity contribution < 1.29 is 14.6 Å². The largest absolute Gasteiger partial charge is 0.628 e. The zero-order chi connectivity index (χ0) is 14.3. The molecule has 1 amide bonds. The number of hydrogen-bond acceptors (Lipinski definition) is 4. The molecule has 7 nitrogen and oxygen atoms in total. The smallest absolute Gasteiger partial charge is 0.412 e. The van der Waals surface area contributed by atoms with Crippen molar-refractivity contribution in [1.29, 1.82) is 0 Å². The molecule has 2 atom stereocenters. The molecule has 0 saturated heterocycles. The monoisotopic (exact) mass is 274 g/mol. The van der Waals surface area contributed by atoms with Crippen LogP contribution in [-0.4, -0.2) is 22.8 Å². The molecule has 20 heavy (non-hydrogen) atoms. The first-order valence-electron chi connectivity index (χ1n) is 6.19. The van der Waals surface area contributed by atoms with Gasteiger partial charge < -0.3 is 15.0 Å². The number of carbonyl (C=O) groups excluding carboxylic acids is 1. The molecule has 2 heterocycles. The summed E-state index contributed by atoms with van der Waals surface area (Å²) >= 11 is 0. The van der Waals surface area contributed by atoms with Crippen LogP contribution in [0.5, 0.6) is 0 Å². The molecule has 1 aliphatic rings. The summed E-state index contributed by atoms with van der Waals surface area (Å²) in [5.74, 6) is 0.354. The second kappa shape index (κ2) is 4.62. The van der Waals surface area contributed by atoms with E-state index in [1.165, 1.54) is 7.11 Å². The summed E-state index contributed by atoms with van der Waals surface area (Å²) in [6, 6.07) is 6.97. The average molecular weight is 274 g/mol. The third kappa shape index (κ3) is 1.75. The van der Waals surface area contributed by atoms with Crippen LogP contribution in [-0.2, 0) is 4.74 Å². The van der Waals surface area contributed by atoms with E-state index in [0.717, 1.165) is 5.69 Å². The molecular weight excluding hydrogens is 260 g/mol. The quantitative estimate of drug-likeness (QED) is 0.764. The molecule has 2 N–H and O–H groups in total. The van der Waals surface area contributed by atoms with E-state index in [-0.39, 0.29) is 11.1 Å². The molecule has 7 heteroatoms. The van der Waals surface area contributed by atoms with Gasteiger partial charge in [0.15, 0.2) is 11.5 Å². The molecular formula is C13H14N4O3. The lowest BCUT2D eigenvalue weighted by Crippen LogP contribution is -3.03. The van der Waals surface area contributed by atoms with Gasteiger partial charge in [0, 0.05) is 6.07 Å². The number of benzene rings is 1. The minimum atomic E-state index is -0.606. The van der Waals surface area contributed by atoms with Crippen LogP contribution in [0.2, 0.25) is 0 Å². The van der Waals surface area contributed by atoms with Crippen LogP contribution in [0.1, 0.15) is 18.7 Å². The highest BCUT2D eigenvalue weighted by atomic mass is 16.5. The Morgan fingerprint density at radius 2 is 2.25 bits per heavy atom. The van der Waals surface area contributed by atoms with Gasteiger partial charge in [-0.3, -0.25) is 9.88 Å². The maximum Gasteiger partial charge on any atom is 0.412 e. The molecule has 3 rings (SSSR count). The normalized spacial score (nSPS) is 19.9. The fourth-order valence-electron chi connectivity index (χ4n) is 2.46. The second-order valence-corrected chi connectivity index (χ2v) is 4.57. The van der Waals surface area contributed by atoms with Crippen LogP contribution in [0, 0.1) is 5.21 Å². The summed E-state index contributed by atoms with van der Waals surface area (Å²) in [6.07, 6.45) is 0.993. The van der Waals surface area contributed by atoms with Crippen molar-refractivity contribution in [2.24, 2.45) is 0 Å². The number of quaternary nitrogens is 1. The van der Waals surface area contributed by atoms with Gasteiger partial charge in [-0.1, -0.05) is 12.1 Å². The summed E-state index contributed by atoms with van der Waals surface area (Å²) in [4.78, 5) is 15.5. The minimum Gasteiger partial charge on any atom is -0.628 e. The van der Waals surface area contributed by atoms with Crippen molar-refractivity contribution in [3.05, 3.63) is 41.5 Å². The first-order valence-corrected chi connectivity index (χ1v) is 6.19. The van der Waals surface area contributed by atoms with Crippen LogP contribution in [0.3, 0.4) is 0 Å². The Bertz CT molecular complexity index is 667. The number of fused-ring (bicyclic) bond motifs is 3. The number of rotatable bonds is 1. The van der Waals surface area contributed by atoms with Crippen molar-refractivity contribution in [3.63, 3.8) is 0 Å². The molecule has 2 unspecified atom stereocenters. The molecule has 2 aromatic rings. The fourth-order valence-corrected chi connectivity index (χ4v) is 2.46. The average Bonchev–Trinajstić information content (AvgIpc) is 2.88. The fraction of sp³-hybridized carbons (Fsp3) is 0.231. The highest BCUT2D eigenvalue weighted by molar-refractivity contribution is 5.84. The second-order valence-electron chi connectivity index (χ2n) is 4.57. The van der Waals surface area contributed by atoms with E-state index in [0.29, 0.717) is 17.2 Å². The Balaban J connectivity index is 2.13. The predicted molar refractivity (Wildman–Crippen MR) is 72.0 cm³/mol. The number of ether oxygens (including phenoxy) is 1. The molecule has 0 fully saturated rings. The van der Waals surface area contributed by atoms with Gasteiger partial charge in [-0.2, -0.15) is 0 Å². The molecule has 0 aliphatic carbocycles. The summed E-state index contributed by atoms with van der Waals surface area (Å²) < 4.78 is 6.39.